The molecule has 0 saturated carbocycles. The third-order valence-corrected chi connectivity index (χ3v) is 7.15. The third-order valence-electron chi connectivity index (χ3n) is 1.61. The van der Waals surface area contributed by atoms with E-state index in [9.17, 15) is 16.8 Å². The summed E-state index contributed by atoms with van der Waals surface area (Å²) >= 11 is 5.83. The number of hydrogen-bond acceptors (Lipinski definition) is 4. The van der Waals surface area contributed by atoms with Crippen molar-refractivity contribution in [1.82, 2.24) is 0 Å². The predicted molar refractivity (Wildman–Crippen MR) is 69.6 cm³/mol. The van der Waals surface area contributed by atoms with Crippen LogP contribution in [0.3, 0.4) is 0 Å². The zero-order chi connectivity index (χ0) is 13.1. The Hall–Kier alpha value is 2.52. The van der Waals surface area contributed by atoms with Crippen LogP contribution in [0.4, 0.5) is 0 Å². The molecule has 0 radical (unpaired) electrons. The molecular weight excluding hydrogens is 438 g/mol. The standard InChI is InChI=1S/C6H10Br2O6S2.2Na.2H/c1-2-5(16(12,13)14)6(8)4(7)3-15(9,10)11;;;;/h2,4-6H,1,3H2,(H,9,10,11)(H,12,13,14);;;;/q;2*+1;2*-1. The van der Waals surface area contributed by atoms with Crippen LogP contribution < -0.4 is 59.1 Å². The fourth-order valence-electron chi connectivity index (χ4n) is 0.915. The summed E-state index contributed by atoms with van der Waals surface area (Å²) in [5.74, 6) is -0.692. The molecule has 0 fully saturated rings. The molecule has 0 aromatic heterocycles. The van der Waals surface area contributed by atoms with Gasteiger partial charge in [-0.25, -0.2) is 0 Å². The van der Waals surface area contributed by atoms with Gasteiger partial charge < -0.3 is 2.85 Å². The van der Waals surface area contributed by atoms with Gasteiger partial charge in [0.2, 0.25) is 0 Å². The molecule has 12 heteroatoms. The molecule has 0 aliphatic heterocycles. The van der Waals surface area contributed by atoms with Crippen LogP contribution in [-0.4, -0.2) is 46.6 Å². The molecule has 3 unspecified atom stereocenters. The van der Waals surface area contributed by atoms with Crippen LogP contribution in [0, 0.1) is 0 Å². The van der Waals surface area contributed by atoms with Crippen molar-refractivity contribution in [3.8, 4) is 0 Å². The molecule has 6 nitrogen and oxygen atoms in total. The van der Waals surface area contributed by atoms with Gasteiger partial charge in [-0.1, -0.05) is 37.9 Å². The molecule has 18 heavy (non-hydrogen) atoms. The van der Waals surface area contributed by atoms with Crippen molar-refractivity contribution in [2.45, 2.75) is 14.9 Å². The Kier molecular flexibility index (Phi) is 14.5. The van der Waals surface area contributed by atoms with Crippen LogP contribution in [0.5, 0.6) is 0 Å². The van der Waals surface area contributed by atoms with E-state index < -0.39 is 40.9 Å². The fourth-order valence-corrected chi connectivity index (χ4v) is 5.29. The van der Waals surface area contributed by atoms with Crippen LogP contribution in [0.2, 0.25) is 0 Å². The third kappa shape index (κ3) is 10.3. The van der Waals surface area contributed by atoms with E-state index in [1.54, 1.807) is 0 Å². The number of rotatable bonds is 6. The Bertz CT molecular complexity index is 460. The predicted octanol–water partition coefficient (Wildman–Crippen LogP) is -4.92. The summed E-state index contributed by atoms with van der Waals surface area (Å²) in [7, 11) is -8.63. The average molecular weight is 450 g/mol. The summed E-state index contributed by atoms with van der Waals surface area (Å²) in [6.45, 7) is 3.23. The molecule has 0 amide bonds. The Balaban J connectivity index is -0.000000187. The van der Waals surface area contributed by atoms with Gasteiger partial charge in [0.05, 0.1) is 10.6 Å². The van der Waals surface area contributed by atoms with Crippen LogP contribution in [0.25, 0.3) is 0 Å². The number of hydrogen-bond donors (Lipinski definition) is 2. The maximum atomic E-state index is 10.9. The summed E-state index contributed by atoms with van der Waals surface area (Å²) in [6, 6.07) is 0. The first-order valence-corrected chi connectivity index (χ1v) is 8.75. The molecule has 0 aliphatic carbocycles. The summed E-state index contributed by atoms with van der Waals surface area (Å²) < 4.78 is 60.3. The molecule has 0 spiro atoms. The Labute approximate surface area is 171 Å². The van der Waals surface area contributed by atoms with E-state index in [0.717, 1.165) is 6.08 Å². The van der Waals surface area contributed by atoms with Crippen LogP contribution >= 0.6 is 31.9 Å². The molecule has 0 aromatic rings. The summed E-state index contributed by atoms with van der Waals surface area (Å²) in [4.78, 5) is -1.84. The minimum atomic E-state index is -4.39. The van der Waals surface area contributed by atoms with Crippen molar-refractivity contribution in [2.24, 2.45) is 0 Å². The van der Waals surface area contributed by atoms with Gasteiger partial charge in [0, 0.05) is 4.83 Å². The van der Waals surface area contributed by atoms with E-state index in [1.807, 2.05) is 0 Å². The molecule has 2 N–H and O–H groups in total. The molecular formula is C6H12Br2Na2O6S2. The van der Waals surface area contributed by atoms with Crippen molar-refractivity contribution in [1.29, 1.82) is 0 Å². The molecule has 0 heterocycles. The van der Waals surface area contributed by atoms with Gasteiger partial charge in [-0.2, -0.15) is 16.8 Å². The van der Waals surface area contributed by atoms with E-state index >= 15 is 0 Å². The number of alkyl halides is 2. The molecule has 0 aliphatic rings. The first-order chi connectivity index (χ1) is 6.99. The second-order valence-corrected chi connectivity index (χ2v) is 8.23. The smallest absolute Gasteiger partial charge is 1.00 e. The van der Waals surface area contributed by atoms with Crippen LogP contribution in [0.1, 0.15) is 2.85 Å². The average Bonchev–Trinajstić information content (AvgIpc) is 1.99. The Morgan fingerprint density at radius 3 is 1.78 bits per heavy atom. The summed E-state index contributed by atoms with van der Waals surface area (Å²) in [6.07, 6.45) is 0.965. The minimum Gasteiger partial charge on any atom is -1.00 e. The van der Waals surface area contributed by atoms with E-state index in [2.05, 4.69) is 38.4 Å². The first kappa shape index (κ1) is 25.5. The zero-order valence-electron chi connectivity index (χ0n) is 11.8. The molecule has 3 atom stereocenters. The molecule has 0 saturated heterocycles. The van der Waals surface area contributed by atoms with E-state index in [0.29, 0.717) is 0 Å². The molecule has 100 valence electrons. The van der Waals surface area contributed by atoms with Crippen molar-refractivity contribution in [3.05, 3.63) is 12.7 Å². The zero-order valence-corrected chi connectivity index (χ0v) is 18.6. The van der Waals surface area contributed by atoms with Gasteiger partial charge in [-0.15, -0.1) is 6.58 Å². The van der Waals surface area contributed by atoms with Gasteiger partial charge in [-0.05, 0) is 0 Å². The van der Waals surface area contributed by atoms with E-state index in [-0.39, 0.29) is 62.0 Å². The van der Waals surface area contributed by atoms with Gasteiger partial charge in [-0.3, -0.25) is 9.11 Å². The second-order valence-electron chi connectivity index (χ2n) is 2.92. The van der Waals surface area contributed by atoms with Gasteiger partial charge in [0.1, 0.15) is 5.25 Å². The monoisotopic (exact) mass is 448 g/mol. The summed E-state index contributed by atoms with van der Waals surface area (Å²) in [5, 5.41) is -1.38. The first-order valence-electron chi connectivity index (χ1n) is 3.81. The van der Waals surface area contributed by atoms with Crippen LogP contribution in [-0.2, 0) is 20.2 Å². The van der Waals surface area contributed by atoms with Crippen molar-refractivity contribution >= 4 is 52.1 Å². The second kappa shape index (κ2) is 10.3. The van der Waals surface area contributed by atoms with Gasteiger partial charge in [0.25, 0.3) is 20.2 Å². The van der Waals surface area contributed by atoms with Crippen LogP contribution in [0.15, 0.2) is 12.7 Å². The van der Waals surface area contributed by atoms with Gasteiger partial charge >= 0.3 is 59.1 Å². The van der Waals surface area contributed by atoms with E-state index in [1.165, 1.54) is 0 Å². The Morgan fingerprint density at radius 1 is 1.17 bits per heavy atom. The van der Waals surface area contributed by atoms with Crippen molar-refractivity contribution < 1.29 is 87.9 Å². The normalized spacial score (nSPS) is 16.7. The molecule has 0 bridgehead atoms. The van der Waals surface area contributed by atoms with E-state index in [4.69, 9.17) is 9.11 Å². The maximum Gasteiger partial charge on any atom is 1.00 e. The van der Waals surface area contributed by atoms with Crippen molar-refractivity contribution in [2.75, 3.05) is 5.75 Å². The fraction of sp³-hybridized carbons (Fsp3) is 0.667. The minimum absolute atomic E-state index is 0. The largest absolute Gasteiger partial charge is 1.00 e. The SMILES string of the molecule is C=CC(C(Br)C(Br)CS(=O)(=O)O)S(=O)(=O)O.[H-].[H-].[Na+].[Na+]. The summed E-state index contributed by atoms with van der Waals surface area (Å²) in [5.41, 5.74) is 0. The quantitative estimate of drug-likeness (QED) is 0.182. The Morgan fingerprint density at radius 2 is 1.56 bits per heavy atom. The maximum absolute atomic E-state index is 10.9. The van der Waals surface area contributed by atoms with Gasteiger partial charge in [0.15, 0.2) is 0 Å². The molecule has 0 rings (SSSR count). The van der Waals surface area contributed by atoms with Crippen molar-refractivity contribution in [3.63, 3.8) is 0 Å². The number of halogens is 2. The molecule has 0 aromatic carbocycles. The topological polar surface area (TPSA) is 109 Å².